The predicted octanol–water partition coefficient (Wildman–Crippen LogP) is 4.05. The van der Waals surface area contributed by atoms with Gasteiger partial charge in [-0.2, -0.15) is 0 Å². The molecule has 5 heteroatoms. The maximum Gasteiger partial charge on any atom is 0.310 e. The molecule has 0 radical (unpaired) electrons. The third kappa shape index (κ3) is 6.58. The van der Waals surface area contributed by atoms with Crippen LogP contribution in [0.15, 0.2) is 18.2 Å². The van der Waals surface area contributed by atoms with Crippen LogP contribution in [0.3, 0.4) is 0 Å². The molecule has 118 valence electrons. The Morgan fingerprint density at radius 3 is 2.57 bits per heavy atom. The van der Waals surface area contributed by atoms with Crippen molar-refractivity contribution < 1.29 is 9.66 Å². The summed E-state index contributed by atoms with van der Waals surface area (Å²) in [6.07, 6.45) is 7.04. The molecule has 0 atom stereocenters. The minimum Gasteiger partial charge on any atom is -0.487 e. The summed E-state index contributed by atoms with van der Waals surface area (Å²) < 4.78 is 5.62. The van der Waals surface area contributed by atoms with E-state index in [9.17, 15) is 10.1 Å². The number of rotatable bonds is 11. The Morgan fingerprint density at radius 1 is 1.19 bits per heavy atom. The van der Waals surface area contributed by atoms with Crippen LogP contribution in [-0.2, 0) is 6.54 Å². The fourth-order valence-electron chi connectivity index (χ4n) is 2.20. The first-order chi connectivity index (χ1) is 10.2. The molecule has 1 rings (SSSR count). The average Bonchev–Trinajstić information content (AvgIpc) is 2.46. The van der Waals surface area contributed by atoms with Crippen molar-refractivity contribution in [3.8, 4) is 5.75 Å². The highest BCUT2D eigenvalue weighted by Crippen LogP contribution is 2.28. The van der Waals surface area contributed by atoms with Crippen molar-refractivity contribution in [3.05, 3.63) is 33.9 Å². The van der Waals surface area contributed by atoms with Crippen molar-refractivity contribution in [3.63, 3.8) is 0 Å². The lowest BCUT2D eigenvalue weighted by molar-refractivity contribution is -0.385. The smallest absolute Gasteiger partial charge is 0.310 e. The highest BCUT2D eigenvalue weighted by Gasteiger charge is 2.15. The van der Waals surface area contributed by atoms with Gasteiger partial charge in [-0.05, 0) is 25.1 Å². The molecular formula is C16H26N2O3. The van der Waals surface area contributed by atoms with Crippen LogP contribution in [0, 0.1) is 10.1 Å². The summed E-state index contributed by atoms with van der Waals surface area (Å²) in [5.74, 6) is 0.376. The summed E-state index contributed by atoms with van der Waals surface area (Å²) >= 11 is 0. The second kappa shape index (κ2) is 10.2. The SMILES string of the molecule is CCCCCCCCOc1cc(CNC)ccc1[N+](=O)[O-]. The van der Waals surface area contributed by atoms with Crippen molar-refractivity contribution in [1.82, 2.24) is 5.32 Å². The number of nitro groups is 1. The van der Waals surface area contributed by atoms with E-state index in [0.29, 0.717) is 18.9 Å². The number of nitrogens with zero attached hydrogens (tertiary/aromatic N) is 1. The molecule has 0 aliphatic rings. The van der Waals surface area contributed by atoms with Gasteiger partial charge in [0.15, 0.2) is 5.75 Å². The molecule has 0 saturated carbocycles. The monoisotopic (exact) mass is 294 g/mol. The largest absolute Gasteiger partial charge is 0.487 e. The first kappa shape index (κ1) is 17.4. The molecule has 0 bridgehead atoms. The molecule has 1 aromatic carbocycles. The standard InChI is InChI=1S/C16H26N2O3/c1-3-4-5-6-7-8-11-21-16-12-14(13-17-2)9-10-15(16)18(19)20/h9-10,12,17H,3-8,11,13H2,1-2H3. The van der Waals surface area contributed by atoms with Gasteiger partial charge in [0, 0.05) is 12.6 Å². The third-order valence-corrected chi connectivity index (χ3v) is 3.36. The second-order valence-electron chi connectivity index (χ2n) is 5.21. The van der Waals surface area contributed by atoms with E-state index in [-0.39, 0.29) is 10.6 Å². The maximum absolute atomic E-state index is 11.0. The number of nitrogens with one attached hydrogen (secondary N) is 1. The summed E-state index contributed by atoms with van der Waals surface area (Å²) in [5, 5.41) is 14.0. The van der Waals surface area contributed by atoms with Crippen LogP contribution in [0.4, 0.5) is 5.69 Å². The third-order valence-electron chi connectivity index (χ3n) is 3.36. The molecule has 21 heavy (non-hydrogen) atoms. The minimum atomic E-state index is -0.389. The second-order valence-corrected chi connectivity index (χ2v) is 5.21. The molecule has 0 aliphatic carbocycles. The molecule has 1 N–H and O–H groups in total. The van der Waals surface area contributed by atoms with E-state index in [1.807, 2.05) is 7.05 Å². The molecule has 0 spiro atoms. The summed E-state index contributed by atoms with van der Waals surface area (Å²) in [7, 11) is 1.85. The van der Waals surface area contributed by atoms with Gasteiger partial charge in [0.05, 0.1) is 11.5 Å². The van der Waals surface area contributed by atoms with Crippen molar-refractivity contribution in [2.45, 2.75) is 52.0 Å². The number of nitro benzene ring substituents is 1. The fraction of sp³-hybridized carbons (Fsp3) is 0.625. The van der Waals surface area contributed by atoms with Crippen LogP contribution in [0.25, 0.3) is 0 Å². The van der Waals surface area contributed by atoms with Crippen molar-refractivity contribution in [2.24, 2.45) is 0 Å². The highest BCUT2D eigenvalue weighted by atomic mass is 16.6. The Bertz CT molecular complexity index is 436. The van der Waals surface area contributed by atoms with Crippen LogP contribution in [0.5, 0.6) is 5.75 Å². The lowest BCUT2D eigenvalue weighted by Crippen LogP contribution is -2.06. The molecule has 0 aliphatic heterocycles. The Morgan fingerprint density at radius 2 is 1.90 bits per heavy atom. The van der Waals surface area contributed by atoms with Crippen LogP contribution >= 0.6 is 0 Å². The lowest BCUT2D eigenvalue weighted by Gasteiger charge is -2.09. The highest BCUT2D eigenvalue weighted by molar-refractivity contribution is 5.48. The van der Waals surface area contributed by atoms with E-state index >= 15 is 0 Å². The number of benzene rings is 1. The van der Waals surface area contributed by atoms with Gasteiger partial charge in [0.25, 0.3) is 0 Å². The van der Waals surface area contributed by atoms with Gasteiger partial charge in [-0.15, -0.1) is 0 Å². The average molecular weight is 294 g/mol. The summed E-state index contributed by atoms with van der Waals surface area (Å²) in [4.78, 5) is 10.6. The molecule has 0 aromatic heterocycles. The first-order valence-corrected chi connectivity index (χ1v) is 7.73. The van der Waals surface area contributed by atoms with Crippen LogP contribution < -0.4 is 10.1 Å². The molecule has 5 nitrogen and oxygen atoms in total. The number of unbranched alkanes of at least 4 members (excludes halogenated alkanes) is 5. The van der Waals surface area contributed by atoms with Crippen LogP contribution in [0.1, 0.15) is 51.0 Å². The number of ether oxygens (including phenoxy) is 1. The molecule has 0 fully saturated rings. The Hall–Kier alpha value is -1.62. The molecular weight excluding hydrogens is 268 g/mol. The van der Waals surface area contributed by atoms with E-state index in [4.69, 9.17) is 4.74 Å². The zero-order chi connectivity index (χ0) is 15.5. The van der Waals surface area contributed by atoms with Crippen molar-refractivity contribution >= 4 is 5.69 Å². The van der Waals surface area contributed by atoms with Gasteiger partial charge in [-0.3, -0.25) is 10.1 Å². The normalized spacial score (nSPS) is 10.6. The molecule has 0 amide bonds. The summed E-state index contributed by atoms with van der Waals surface area (Å²) in [6, 6.07) is 5.03. The Labute approximate surface area is 126 Å². The van der Waals surface area contributed by atoms with Gasteiger partial charge in [0.1, 0.15) is 0 Å². The van der Waals surface area contributed by atoms with Crippen LogP contribution in [-0.4, -0.2) is 18.6 Å². The van der Waals surface area contributed by atoms with Gasteiger partial charge in [0.2, 0.25) is 0 Å². The predicted molar refractivity (Wildman–Crippen MR) is 84.7 cm³/mol. The van der Waals surface area contributed by atoms with E-state index in [2.05, 4.69) is 12.2 Å². The summed E-state index contributed by atoms with van der Waals surface area (Å²) in [5.41, 5.74) is 1.03. The molecule has 0 saturated heterocycles. The van der Waals surface area contributed by atoms with E-state index in [1.165, 1.54) is 31.7 Å². The van der Waals surface area contributed by atoms with Gasteiger partial charge in [-0.1, -0.05) is 45.1 Å². The molecule has 1 aromatic rings. The van der Waals surface area contributed by atoms with Gasteiger partial charge < -0.3 is 10.1 Å². The van der Waals surface area contributed by atoms with E-state index < -0.39 is 0 Å². The zero-order valence-corrected chi connectivity index (χ0v) is 13.1. The van der Waals surface area contributed by atoms with Crippen molar-refractivity contribution in [1.29, 1.82) is 0 Å². The zero-order valence-electron chi connectivity index (χ0n) is 13.1. The van der Waals surface area contributed by atoms with Crippen LogP contribution in [0.2, 0.25) is 0 Å². The quantitative estimate of drug-likeness (QED) is 0.380. The number of hydrogen-bond acceptors (Lipinski definition) is 4. The van der Waals surface area contributed by atoms with Gasteiger partial charge in [-0.25, -0.2) is 0 Å². The molecule has 0 heterocycles. The Balaban J connectivity index is 2.47. The topological polar surface area (TPSA) is 64.4 Å². The molecule has 0 unspecified atom stereocenters. The van der Waals surface area contributed by atoms with Gasteiger partial charge >= 0.3 is 5.69 Å². The minimum absolute atomic E-state index is 0.0424. The van der Waals surface area contributed by atoms with E-state index in [0.717, 1.165) is 18.4 Å². The lowest BCUT2D eigenvalue weighted by atomic mass is 10.1. The van der Waals surface area contributed by atoms with Crippen molar-refractivity contribution in [2.75, 3.05) is 13.7 Å². The Kier molecular flexibility index (Phi) is 8.43. The first-order valence-electron chi connectivity index (χ1n) is 7.73. The summed E-state index contributed by atoms with van der Waals surface area (Å²) in [6.45, 7) is 3.40. The fourth-order valence-corrected chi connectivity index (χ4v) is 2.20. The maximum atomic E-state index is 11.0. The number of hydrogen-bond donors (Lipinski definition) is 1. The van der Waals surface area contributed by atoms with E-state index in [1.54, 1.807) is 12.1 Å².